The molecule has 0 saturated heterocycles. The molecule has 3 rings (SSSR count). The van der Waals surface area contributed by atoms with Gasteiger partial charge in [0.25, 0.3) is 5.56 Å². The van der Waals surface area contributed by atoms with E-state index in [0.717, 1.165) is 5.56 Å². The first-order valence-corrected chi connectivity index (χ1v) is 9.65. The molecule has 8 heteroatoms. The second-order valence-corrected chi connectivity index (χ2v) is 7.28. The topological polar surface area (TPSA) is 53.3 Å². The summed E-state index contributed by atoms with van der Waals surface area (Å²) in [5.41, 5.74) is 1.40. The van der Waals surface area contributed by atoms with Crippen LogP contribution in [0.25, 0.3) is 10.9 Å². The van der Waals surface area contributed by atoms with Crippen LogP contribution in [-0.2, 0) is 5.75 Å². The molecule has 0 N–H and O–H groups in total. The van der Waals surface area contributed by atoms with Crippen molar-refractivity contribution in [2.45, 2.75) is 37.4 Å². The first-order chi connectivity index (χ1) is 13.4. The first-order valence-electron chi connectivity index (χ1n) is 8.66. The molecule has 0 aliphatic rings. The molecule has 28 heavy (non-hydrogen) atoms. The number of fused-ring (bicyclic) bond motifs is 1. The molecule has 0 unspecified atom stereocenters. The minimum Gasteiger partial charge on any atom is -0.493 e. The third kappa shape index (κ3) is 4.27. The average Bonchev–Trinajstić information content (AvgIpc) is 2.66. The number of methoxy groups -OCH3 is 1. The van der Waals surface area contributed by atoms with Crippen LogP contribution < -0.4 is 15.0 Å². The van der Waals surface area contributed by atoms with E-state index >= 15 is 0 Å². The van der Waals surface area contributed by atoms with Crippen LogP contribution in [0.15, 0.2) is 52.4 Å². The minimum absolute atomic E-state index is 0.0193. The molecule has 0 aliphatic carbocycles. The normalized spacial score (nSPS) is 11.4. The number of hydrogen-bond acceptors (Lipinski definition) is 5. The number of alkyl halides is 2. The number of aromatic nitrogens is 2. The van der Waals surface area contributed by atoms with E-state index in [0.29, 0.717) is 21.8 Å². The Hall–Kier alpha value is -2.61. The molecule has 0 radical (unpaired) electrons. The second kappa shape index (κ2) is 8.60. The maximum absolute atomic E-state index is 12.9. The summed E-state index contributed by atoms with van der Waals surface area (Å²) in [6.45, 7) is 0.944. The molecular weight excluding hydrogens is 386 g/mol. The third-order valence-corrected chi connectivity index (χ3v) is 5.13. The van der Waals surface area contributed by atoms with E-state index in [1.54, 1.807) is 22.8 Å². The highest BCUT2D eigenvalue weighted by atomic mass is 32.2. The van der Waals surface area contributed by atoms with Crippen LogP contribution in [0.2, 0.25) is 0 Å². The summed E-state index contributed by atoms with van der Waals surface area (Å²) in [6.07, 6.45) is 0. The van der Waals surface area contributed by atoms with Gasteiger partial charge in [0.05, 0.1) is 18.0 Å². The Morgan fingerprint density at radius 1 is 1.14 bits per heavy atom. The number of thioether (sulfide) groups is 1. The summed E-state index contributed by atoms with van der Waals surface area (Å²) in [4.78, 5) is 17.5. The van der Waals surface area contributed by atoms with Gasteiger partial charge in [0.1, 0.15) is 0 Å². The van der Waals surface area contributed by atoms with Crippen molar-refractivity contribution in [2.75, 3.05) is 7.11 Å². The Kier molecular flexibility index (Phi) is 6.18. The van der Waals surface area contributed by atoms with Crippen LogP contribution in [0, 0.1) is 0 Å². The van der Waals surface area contributed by atoms with Gasteiger partial charge < -0.3 is 9.47 Å². The number of hydrogen-bond donors (Lipinski definition) is 0. The Morgan fingerprint density at radius 3 is 2.57 bits per heavy atom. The summed E-state index contributed by atoms with van der Waals surface area (Å²) < 4.78 is 36.2. The van der Waals surface area contributed by atoms with E-state index in [1.807, 2.05) is 32.0 Å². The van der Waals surface area contributed by atoms with Crippen LogP contribution in [0.1, 0.15) is 25.5 Å². The van der Waals surface area contributed by atoms with Gasteiger partial charge in [0.15, 0.2) is 16.7 Å². The first kappa shape index (κ1) is 20.1. The van der Waals surface area contributed by atoms with Crippen LogP contribution in [0.4, 0.5) is 8.78 Å². The van der Waals surface area contributed by atoms with Crippen molar-refractivity contribution in [2.24, 2.45) is 0 Å². The number of halogens is 2. The van der Waals surface area contributed by atoms with Crippen LogP contribution >= 0.6 is 11.8 Å². The van der Waals surface area contributed by atoms with Crippen molar-refractivity contribution in [1.29, 1.82) is 0 Å². The number of ether oxygens (including phenoxy) is 2. The average molecular weight is 406 g/mol. The van der Waals surface area contributed by atoms with Crippen molar-refractivity contribution < 1.29 is 18.3 Å². The molecule has 0 spiro atoms. The molecule has 0 fully saturated rings. The summed E-state index contributed by atoms with van der Waals surface area (Å²) in [6, 6.07) is 12.0. The molecule has 0 amide bonds. The summed E-state index contributed by atoms with van der Waals surface area (Å²) in [5.74, 6) is 0.698. The fraction of sp³-hybridized carbons (Fsp3) is 0.300. The molecule has 1 heterocycles. The van der Waals surface area contributed by atoms with Gasteiger partial charge in [-0.3, -0.25) is 9.36 Å². The highest BCUT2D eigenvalue weighted by molar-refractivity contribution is 7.98. The summed E-state index contributed by atoms with van der Waals surface area (Å²) in [7, 11) is 1.39. The Bertz CT molecular complexity index is 1040. The van der Waals surface area contributed by atoms with Gasteiger partial charge in [-0.1, -0.05) is 30.0 Å². The monoisotopic (exact) mass is 406 g/mol. The predicted molar refractivity (Wildman–Crippen MR) is 106 cm³/mol. The smallest absolute Gasteiger partial charge is 0.387 e. The Morgan fingerprint density at radius 2 is 1.89 bits per heavy atom. The molecule has 0 atom stereocenters. The number of benzene rings is 2. The van der Waals surface area contributed by atoms with Crippen molar-refractivity contribution in [3.05, 3.63) is 58.4 Å². The van der Waals surface area contributed by atoms with Gasteiger partial charge >= 0.3 is 6.61 Å². The van der Waals surface area contributed by atoms with Gasteiger partial charge in [0, 0.05) is 11.8 Å². The van der Waals surface area contributed by atoms with Crippen LogP contribution in [0.5, 0.6) is 11.5 Å². The zero-order valence-electron chi connectivity index (χ0n) is 15.7. The van der Waals surface area contributed by atoms with Crippen LogP contribution in [0.3, 0.4) is 0 Å². The van der Waals surface area contributed by atoms with Crippen molar-refractivity contribution in [3.8, 4) is 11.5 Å². The predicted octanol–water partition coefficient (Wildman–Crippen LogP) is 4.88. The number of nitrogens with zero attached hydrogens (tertiary/aromatic N) is 2. The maximum atomic E-state index is 12.9. The zero-order valence-corrected chi connectivity index (χ0v) is 16.5. The second-order valence-electron chi connectivity index (χ2n) is 6.33. The van der Waals surface area contributed by atoms with E-state index in [1.165, 1.54) is 24.9 Å². The molecule has 0 aliphatic heterocycles. The quantitative estimate of drug-likeness (QED) is 0.413. The number of para-hydroxylation sites is 1. The van der Waals surface area contributed by atoms with Gasteiger partial charge in [-0.25, -0.2) is 4.98 Å². The van der Waals surface area contributed by atoms with Gasteiger partial charge in [0.2, 0.25) is 0 Å². The maximum Gasteiger partial charge on any atom is 0.387 e. The molecular formula is C20H20F2N2O3S. The van der Waals surface area contributed by atoms with Crippen molar-refractivity contribution >= 4 is 22.7 Å². The van der Waals surface area contributed by atoms with Crippen molar-refractivity contribution in [1.82, 2.24) is 9.55 Å². The molecule has 2 aromatic carbocycles. The summed E-state index contributed by atoms with van der Waals surface area (Å²) in [5, 5.41) is 1.18. The lowest BCUT2D eigenvalue weighted by molar-refractivity contribution is -0.0512. The molecule has 3 aromatic rings. The highest BCUT2D eigenvalue weighted by Crippen LogP contribution is 2.32. The van der Waals surface area contributed by atoms with E-state index in [4.69, 9.17) is 4.74 Å². The Balaban J connectivity index is 1.91. The van der Waals surface area contributed by atoms with Gasteiger partial charge in [-0.2, -0.15) is 8.78 Å². The SMILES string of the molecule is COc1cc(CSc2nc3ccccc3c(=O)n2C(C)C)ccc1OC(F)F. The zero-order chi connectivity index (χ0) is 20.3. The van der Waals surface area contributed by atoms with Gasteiger partial charge in [-0.05, 0) is 43.7 Å². The minimum atomic E-state index is -2.92. The van der Waals surface area contributed by atoms with E-state index in [9.17, 15) is 13.6 Å². The number of rotatable bonds is 7. The molecule has 0 saturated carbocycles. The standard InChI is InChI=1S/C20H20F2N2O3S/c1-12(2)24-18(25)14-6-4-5-7-15(14)23-20(24)28-11-13-8-9-16(27-19(21)22)17(10-13)26-3/h4-10,12,19H,11H2,1-3H3. The molecule has 1 aromatic heterocycles. The molecule has 148 valence electrons. The van der Waals surface area contributed by atoms with Crippen LogP contribution in [-0.4, -0.2) is 23.3 Å². The summed E-state index contributed by atoms with van der Waals surface area (Å²) >= 11 is 1.40. The fourth-order valence-corrected chi connectivity index (χ4v) is 3.90. The lowest BCUT2D eigenvalue weighted by Gasteiger charge is -2.16. The fourth-order valence-electron chi connectivity index (χ4n) is 2.83. The molecule has 5 nitrogen and oxygen atoms in total. The Labute approximate surface area is 165 Å². The third-order valence-electron chi connectivity index (χ3n) is 4.10. The van der Waals surface area contributed by atoms with Crippen molar-refractivity contribution in [3.63, 3.8) is 0 Å². The largest absolute Gasteiger partial charge is 0.493 e. The van der Waals surface area contributed by atoms with Gasteiger partial charge in [-0.15, -0.1) is 0 Å². The van der Waals surface area contributed by atoms with E-state index in [2.05, 4.69) is 9.72 Å². The lowest BCUT2D eigenvalue weighted by Crippen LogP contribution is -2.25. The highest BCUT2D eigenvalue weighted by Gasteiger charge is 2.15. The van der Waals surface area contributed by atoms with E-state index in [-0.39, 0.29) is 23.1 Å². The molecule has 0 bridgehead atoms. The lowest BCUT2D eigenvalue weighted by atomic mass is 10.2. The van der Waals surface area contributed by atoms with E-state index < -0.39 is 6.61 Å².